The Morgan fingerprint density at radius 1 is 0.793 bits per heavy atom. The summed E-state index contributed by atoms with van der Waals surface area (Å²) in [4.78, 5) is 11.5. The number of rotatable bonds is 7. The zero-order valence-electron chi connectivity index (χ0n) is 15.1. The maximum absolute atomic E-state index is 13.5. The standard InChI is InChI=1S/C22H17F3O4/c23-22(24,25)18-11-17(21(26)27)19(28-13-15-7-3-1-4-8-15)12-20(18)29-14-16-9-5-2-6-10-16/h1-12H,13-14H2,(H,26,27). The van der Waals surface area contributed by atoms with Gasteiger partial charge in [-0.25, -0.2) is 4.79 Å². The second-order valence-electron chi connectivity index (χ2n) is 6.20. The van der Waals surface area contributed by atoms with Crippen LogP contribution in [0.4, 0.5) is 13.2 Å². The molecule has 3 rings (SSSR count). The normalized spacial score (nSPS) is 11.1. The number of ether oxygens (including phenoxy) is 2. The third-order valence-electron chi connectivity index (χ3n) is 4.09. The molecule has 0 aliphatic carbocycles. The zero-order valence-corrected chi connectivity index (χ0v) is 15.1. The molecule has 0 spiro atoms. The summed E-state index contributed by atoms with van der Waals surface area (Å²) in [5.74, 6) is -2.21. The molecule has 0 unspecified atom stereocenters. The van der Waals surface area contributed by atoms with Gasteiger partial charge in [-0.05, 0) is 17.2 Å². The third kappa shape index (κ3) is 5.28. The minimum atomic E-state index is -4.78. The Bertz CT molecular complexity index is 971. The first kappa shape index (κ1) is 20.3. The Kier molecular flexibility index (Phi) is 6.07. The molecular formula is C22H17F3O4. The van der Waals surface area contributed by atoms with Gasteiger partial charge >= 0.3 is 12.1 Å². The first-order valence-electron chi connectivity index (χ1n) is 8.66. The summed E-state index contributed by atoms with van der Waals surface area (Å²) in [5.41, 5.74) is -0.330. The number of aromatic carboxylic acids is 1. The van der Waals surface area contributed by atoms with E-state index in [2.05, 4.69) is 0 Å². The molecule has 0 fully saturated rings. The van der Waals surface area contributed by atoms with Gasteiger partial charge in [-0.15, -0.1) is 0 Å². The molecule has 0 saturated heterocycles. The first-order chi connectivity index (χ1) is 13.8. The predicted octanol–water partition coefficient (Wildman–Crippen LogP) is 5.56. The molecule has 0 amide bonds. The zero-order chi connectivity index (χ0) is 20.9. The summed E-state index contributed by atoms with van der Waals surface area (Å²) in [7, 11) is 0. The van der Waals surface area contributed by atoms with Crippen LogP contribution in [-0.2, 0) is 19.4 Å². The SMILES string of the molecule is O=C(O)c1cc(C(F)(F)F)c(OCc2ccccc2)cc1OCc1ccccc1. The molecule has 0 aromatic heterocycles. The van der Waals surface area contributed by atoms with Crippen LogP contribution in [-0.4, -0.2) is 11.1 Å². The smallest absolute Gasteiger partial charge is 0.419 e. The van der Waals surface area contributed by atoms with Crippen molar-refractivity contribution in [3.05, 3.63) is 95.1 Å². The van der Waals surface area contributed by atoms with Crippen LogP contribution in [0.15, 0.2) is 72.8 Å². The fraction of sp³-hybridized carbons (Fsp3) is 0.136. The average molecular weight is 402 g/mol. The van der Waals surface area contributed by atoms with E-state index in [4.69, 9.17) is 9.47 Å². The highest BCUT2D eigenvalue weighted by atomic mass is 19.4. The first-order valence-corrected chi connectivity index (χ1v) is 8.66. The second kappa shape index (κ2) is 8.68. The molecule has 1 N–H and O–H groups in total. The van der Waals surface area contributed by atoms with Crippen LogP contribution in [0, 0.1) is 0 Å². The second-order valence-corrected chi connectivity index (χ2v) is 6.20. The van der Waals surface area contributed by atoms with Gasteiger partial charge in [0.25, 0.3) is 0 Å². The number of carboxylic acid groups (broad SMARTS) is 1. The van der Waals surface area contributed by atoms with E-state index in [1.807, 2.05) is 0 Å². The lowest BCUT2D eigenvalue weighted by molar-refractivity contribution is -0.139. The van der Waals surface area contributed by atoms with Crippen LogP contribution < -0.4 is 9.47 Å². The number of hydrogen-bond acceptors (Lipinski definition) is 3. The fourth-order valence-corrected chi connectivity index (χ4v) is 2.66. The quantitative estimate of drug-likeness (QED) is 0.562. The van der Waals surface area contributed by atoms with E-state index in [-0.39, 0.29) is 19.0 Å². The van der Waals surface area contributed by atoms with Crippen molar-refractivity contribution in [1.29, 1.82) is 0 Å². The minimum Gasteiger partial charge on any atom is -0.488 e. The lowest BCUT2D eigenvalue weighted by atomic mass is 10.1. The lowest BCUT2D eigenvalue weighted by Gasteiger charge is -2.18. The number of benzene rings is 3. The number of carboxylic acids is 1. The molecular weight excluding hydrogens is 385 g/mol. The van der Waals surface area contributed by atoms with Crippen molar-refractivity contribution in [3.63, 3.8) is 0 Å². The van der Waals surface area contributed by atoms with E-state index < -0.39 is 29.0 Å². The van der Waals surface area contributed by atoms with Crippen molar-refractivity contribution in [3.8, 4) is 11.5 Å². The number of hydrogen-bond donors (Lipinski definition) is 1. The molecule has 0 aliphatic heterocycles. The van der Waals surface area contributed by atoms with E-state index in [9.17, 15) is 23.1 Å². The van der Waals surface area contributed by atoms with Crippen molar-refractivity contribution < 1.29 is 32.5 Å². The Balaban J connectivity index is 1.94. The number of carbonyl (C=O) groups is 1. The molecule has 150 valence electrons. The van der Waals surface area contributed by atoms with E-state index >= 15 is 0 Å². The Morgan fingerprint density at radius 3 is 1.72 bits per heavy atom. The largest absolute Gasteiger partial charge is 0.488 e. The highest BCUT2D eigenvalue weighted by Crippen LogP contribution is 2.40. The van der Waals surface area contributed by atoms with E-state index in [0.717, 1.165) is 11.6 Å². The van der Waals surface area contributed by atoms with Gasteiger partial charge in [0, 0.05) is 6.07 Å². The van der Waals surface area contributed by atoms with Crippen LogP contribution >= 0.6 is 0 Å². The van der Waals surface area contributed by atoms with Gasteiger partial charge in [0.1, 0.15) is 30.3 Å². The van der Waals surface area contributed by atoms with Gasteiger partial charge in [-0.3, -0.25) is 0 Å². The van der Waals surface area contributed by atoms with Crippen LogP contribution in [0.25, 0.3) is 0 Å². The highest BCUT2D eigenvalue weighted by molar-refractivity contribution is 5.91. The Labute approximate surface area is 165 Å². The van der Waals surface area contributed by atoms with Crippen LogP contribution in [0.1, 0.15) is 27.0 Å². The van der Waals surface area contributed by atoms with Crippen molar-refractivity contribution in [2.45, 2.75) is 19.4 Å². The van der Waals surface area contributed by atoms with E-state index in [0.29, 0.717) is 11.6 Å². The van der Waals surface area contributed by atoms with Crippen molar-refractivity contribution in [2.24, 2.45) is 0 Å². The summed E-state index contributed by atoms with van der Waals surface area (Å²) in [5, 5.41) is 9.36. The Hall–Kier alpha value is -3.48. The molecule has 3 aromatic rings. The highest BCUT2D eigenvalue weighted by Gasteiger charge is 2.36. The third-order valence-corrected chi connectivity index (χ3v) is 4.09. The minimum absolute atomic E-state index is 0.00457. The molecule has 7 heteroatoms. The summed E-state index contributed by atoms with van der Waals surface area (Å²) >= 11 is 0. The predicted molar refractivity (Wildman–Crippen MR) is 100.0 cm³/mol. The lowest BCUT2D eigenvalue weighted by Crippen LogP contribution is -2.12. The van der Waals surface area contributed by atoms with Gasteiger partial charge in [0.05, 0.1) is 5.56 Å². The van der Waals surface area contributed by atoms with E-state index in [1.165, 1.54) is 0 Å². The molecule has 0 bridgehead atoms. The summed E-state index contributed by atoms with van der Waals surface area (Å²) in [6, 6.07) is 19.1. The van der Waals surface area contributed by atoms with E-state index in [1.54, 1.807) is 60.7 Å². The van der Waals surface area contributed by atoms with Crippen molar-refractivity contribution >= 4 is 5.97 Å². The number of alkyl halides is 3. The number of halogens is 3. The summed E-state index contributed by atoms with van der Waals surface area (Å²) in [6.45, 7) is -0.0981. The maximum atomic E-state index is 13.5. The van der Waals surface area contributed by atoms with Crippen molar-refractivity contribution in [1.82, 2.24) is 0 Å². The summed E-state index contributed by atoms with van der Waals surface area (Å²) in [6.07, 6.45) is -4.78. The topological polar surface area (TPSA) is 55.8 Å². The van der Waals surface area contributed by atoms with Crippen LogP contribution in [0.2, 0.25) is 0 Å². The molecule has 4 nitrogen and oxygen atoms in total. The molecule has 0 radical (unpaired) electrons. The molecule has 3 aromatic carbocycles. The maximum Gasteiger partial charge on any atom is 0.419 e. The van der Waals surface area contributed by atoms with Gasteiger partial charge in [-0.2, -0.15) is 13.2 Å². The molecule has 0 aliphatic rings. The molecule has 0 saturated carbocycles. The Morgan fingerprint density at radius 2 is 1.28 bits per heavy atom. The van der Waals surface area contributed by atoms with Gasteiger partial charge in [-0.1, -0.05) is 60.7 Å². The van der Waals surface area contributed by atoms with Crippen LogP contribution in [0.3, 0.4) is 0 Å². The molecule has 0 atom stereocenters. The van der Waals surface area contributed by atoms with Crippen molar-refractivity contribution in [2.75, 3.05) is 0 Å². The average Bonchev–Trinajstić information content (AvgIpc) is 2.71. The van der Waals surface area contributed by atoms with Gasteiger partial charge in [0.15, 0.2) is 0 Å². The fourth-order valence-electron chi connectivity index (χ4n) is 2.66. The van der Waals surface area contributed by atoms with Gasteiger partial charge in [0.2, 0.25) is 0 Å². The monoisotopic (exact) mass is 402 g/mol. The van der Waals surface area contributed by atoms with Crippen LogP contribution in [0.5, 0.6) is 11.5 Å². The summed E-state index contributed by atoms with van der Waals surface area (Å²) < 4.78 is 51.4. The molecule has 29 heavy (non-hydrogen) atoms. The van der Waals surface area contributed by atoms with Gasteiger partial charge < -0.3 is 14.6 Å². The molecule has 0 heterocycles.